The summed E-state index contributed by atoms with van der Waals surface area (Å²) in [5.74, 6) is -0.141. The summed E-state index contributed by atoms with van der Waals surface area (Å²) in [7, 11) is 0. The van der Waals surface area contributed by atoms with Gasteiger partial charge in [-0.15, -0.1) is 0 Å². The number of benzene rings is 1. The van der Waals surface area contributed by atoms with Gasteiger partial charge in [-0.3, -0.25) is 4.79 Å². The summed E-state index contributed by atoms with van der Waals surface area (Å²) < 4.78 is 0. The lowest BCUT2D eigenvalue weighted by Crippen LogP contribution is -2.30. The fourth-order valence-corrected chi connectivity index (χ4v) is 1.77. The molecule has 0 saturated heterocycles. The molecule has 0 unspecified atom stereocenters. The molecule has 16 heavy (non-hydrogen) atoms. The number of anilines is 1. The van der Waals surface area contributed by atoms with Crippen LogP contribution in [0, 0.1) is 0 Å². The lowest BCUT2D eigenvalue weighted by atomic mass is 10.1. The van der Waals surface area contributed by atoms with Gasteiger partial charge in [0, 0.05) is 24.3 Å². The van der Waals surface area contributed by atoms with E-state index in [-0.39, 0.29) is 12.5 Å². The molecule has 1 atom stereocenters. The molecule has 0 aromatic heterocycles. The van der Waals surface area contributed by atoms with Crippen LogP contribution in [0.4, 0.5) is 5.69 Å². The highest BCUT2D eigenvalue weighted by Gasteiger charge is 2.13. The maximum Gasteiger partial charge on any atom is 0.251 e. The maximum absolute atomic E-state index is 11.7. The summed E-state index contributed by atoms with van der Waals surface area (Å²) in [5, 5.41) is 15.0. The van der Waals surface area contributed by atoms with Crippen molar-refractivity contribution in [1.29, 1.82) is 0 Å². The molecule has 1 heterocycles. The van der Waals surface area contributed by atoms with E-state index in [2.05, 4.69) is 10.6 Å². The molecule has 0 spiro atoms. The number of aliphatic hydroxyl groups is 1. The molecule has 3 N–H and O–H groups in total. The van der Waals surface area contributed by atoms with Crippen LogP contribution in [-0.2, 0) is 6.42 Å². The van der Waals surface area contributed by atoms with E-state index in [1.165, 1.54) is 5.56 Å². The number of aliphatic hydroxyl groups excluding tert-OH is 1. The predicted octanol–water partition coefficient (Wildman–Crippen LogP) is 0.765. The lowest BCUT2D eigenvalue weighted by Gasteiger charge is -2.08. The van der Waals surface area contributed by atoms with Crippen LogP contribution in [0.15, 0.2) is 18.2 Å². The lowest BCUT2D eigenvalue weighted by molar-refractivity contribution is 0.0924. The molecule has 1 aliphatic heterocycles. The molecule has 4 heteroatoms. The first-order valence-corrected chi connectivity index (χ1v) is 5.50. The molecular formula is C12H16N2O2. The van der Waals surface area contributed by atoms with Gasteiger partial charge in [0.1, 0.15) is 0 Å². The third kappa shape index (κ3) is 2.33. The second kappa shape index (κ2) is 4.53. The largest absolute Gasteiger partial charge is 0.392 e. The van der Waals surface area contributed by atoms with Crippen molar-refractivity contribution in [3.05, 3.63) is 29.3 Å². The Kier molecular flexibility index (Phi) is 3.10. The second-order valence-corrected chi connectivity index (χ2v) is 4.11. The number of carbonyl (C=O) groups is 1. The zero-order chi connectivity index (χ0) is 11.5. The molecule has 4 nitrogen and oxygen atoms in total. The molecule has 0 saturated carbocycles. The minimum Gasteiger partial charge on any atom is -0.392 e. The highest BCUT2D eigenvalue weighted by atomic mass is 16.3. The van der Waals surface area contributed by atoms with E-state index in [1.54, 1.807) is 6.92 Å². The Hall–Kier alpha value is -1.55. The molecule has 86 valence electrons. The van der Waals surface area contributed by atoms with Crippen molar-refractivity contribution in [2.24, 2.45) is 0 Å². The number of fused-ring (bicyclic) bond motifs is 1. The van der Waals surface area contributed by atoms with Crippen LogP contribution in [0.5, 0.6) is 0 Å². The summed E-state index contributed by atoms with van der Waals surface area (Å²) in [4.78, 5) is 11.7. The molecule has 1 aromatic rings. The second-order valence-electron chi connectivity index (χ2n) is 4.11. The van der Waals surface area contributed by atoms with Crippen LogP contribution >= 0.6 is 0 Å². The maximum atomic E-state index is 11.7. The third-order valence-electron chi connectivity index (χ3n) is 2.64. The molecule has 0 radical (unpaired) electrons. The van der Waals surface area contributed by atoms with E-state index in [9.17, 15) is 4.79 Å². The quantitative estimate of drug-likeness (QED) is 0.705. The van der Waals surface area contributed by atoms with Gasteiger partial charge in [-0.05, 0) is 31.0 Å². The van der Waals surface area contributed by atoms with Crippen molar-refractivity contribution < 1.29 is 9.90 Å². The Morgan fingerprint density at radius 2 is 2.44 bits per heavy atom. The number of hydrogen-bond acceptors (Lipinski definition) is 3. The van der Waals surface area contributed by atoms with Gasteiger partial charge in [0.15, 0.2) is 0 Å². The van der Waals surface area contributed by atoms with Crippen LogP contribution in [-0.4, -0.2) is 30.2 Å². The number of carbonyl (C=O) groups excluding carboxylic acids is 1. The Morgan fingerprint density at radius 1 is 1.62 bits per heavy atom. The predicted molar refractivity (Wildman–Crippen MR) is 62.6 cm³/mol. The minimum absolute atomic E-state index is 0.141. The topological polar surface area (TPSA) is 61.4 Å². The third-order valence-corrected chi connectivity index (χ3v) is 2.64. The molecular weight excluding hydrogens is 204 g/mol. The fraction of sp³-hybridized carbons (Fsp3) is 0.417. The number of hydrogen-bond donors (Lipinski definition) is 3. The molecule has 2 rings (SSSR count). The van der Waals surface area contributed by atoms with Gasteiger partial charge >= 0.3 is 0 Å². The van der Waals surface area contributed by atoms with Crippen LogP contribution in [0.25, 0.3) is 0 Å². The smallest absolute Gasteiger partial charge is 0.251 e. The first-order chi connectivity index (χ1) is 7.66. The average molecular weight is 220 g/mol. The van der Waals surface area contributed by atoms with Gasteiger partial charge in [0.05, 0.1) is 6.10 Å². The van der Waals surface area contributed by atoms with E-state index < -0.39 is 6.10 Å². The van der Waals surface area contributed by atoms with Crippen LogP contribution in [0.1, 0.15) is 22.8 Å². The summed E-state index contributed by atoms with van der Waals surface area (Å²) in [6.45, 7) is 2.86. The SMILES string of the molecule is C[C@@H](O)CNC(=O)c1ccc2c(c1)NCC2. The van der Waals surface area contributed by atoms with Crippen molar-refractivity contribution in [3.8, 4) is 0 Å². The fourth-order valence-electron chi connectivity index (χ4n) is 1.77. The van der Waals surface area contributed by atoms with Crippen LogP contribution < -0.4 is 10.6 Å². The standard InChI is InChI=1S/C12H16N2O2/c1-8(15)7-14-12(16)10-3-2-9-4-5-13-11(9)6-10/h2-3,6,8,13,15H,4-5,7H2,1H3,(H,14,16)/t8-/m1/s1. The normalized spacial score (nSPS) is 15.1. The number of nitrogens with one attached hydrogen (secondary N) is 2. The van der Waals surface area contributed by atoms with Gasteiger partial charge < -0.3 is 15.7 Å². The molecule has 1 amide bonds. The van der Waals surface area contributed by atoms with Crippen molar-refractivity contribution in [3.63, 3.8) is 0 Å². The molecule has 0 fully saturated rings. The summed E-state index contributed by atoms with van der Waals surface area (Å²) in [6, 6.07) is 5.66. The van der Waals surface area contributed by atoms with Gasteiger partial charge in [0.2, 0.25) is 0 Å². The van der Waals surface area contributed by atoms with E-state index in [1.807, 2.05) is 18.2 Å². The minimum atomic E-state index is -0.517. The first kappa shape index (κ1) is 11.0. The van der Waals surface area contributed by atoms with Gasteiger partial charge in [-0.2, -0.15) is 0 Å². The van der Waals surface area contributed by atoms with Crippen molar-refractivity contribution >= 4 is 11.6 Å². The summed E-state index contributed by atoms with van der Waals surface area (Å²) in [6.07, 6.45) is 0.502. The van der Waals surface area contributed by atoms with Gasteiger partial charge in [0.25, 0.3) is 5.91 Å². The zero-order valence-corrected chi connectivity index (χ0v) is 9.29. The highest BCUT2D eigenvalue weighted by molar-refractivity contribution is 5.95. The van der Waals surface area contributed by atoms with Crippen LogP contribution in [0.3, 0.4) is 0 Å². The first-order valence-electron chi connectivity index (χ1n) is 5.50. The van der Waals surface area contributed by atoms with E-state index >= 15 is 0 Å². The molecule has 1 aromatic carbocycles. The number of rotatable bonds is 3. The van der Waals surface area contributed by atoms with Crippen molar-refractivity contribution in [1.82, 2.24) is 5.32 Å². The van der Waals surface area contributed by atoms with Crippen molar-refractivity contribution in [2.75, 3.05) is 18.4 Å². The Balaban J connectivity index is 2.06. The molecule has 0 bridgehead atoms. The highest BCUT2D eigenvalue weighted by Crippen LogP contribution is 2.22. The van der Waals surface area contributed by atoms with Gasteiger partial charge in [-0.25, -0.2) is 0 Å². The monoisotopic (exact) mass is 220 g/mol. The summed E-state index contributed by atoms with van der Waals surface area (Å²) in [5.41, 5.74) is 2.94. The van der Waals surface area contributed by atoms with E-state index in [4.69, 9.17) is 5.11 Å². The number of amides is 1. The Morgan fingerprint density at radius 3 is 3.19 bits per heavy atom. The Bertz CT molecular complexity index is 402. The van der Waals surface area contributed by atoms with E-state index in [0.29, 0.717) is 5.56 Å². The van der Waals surface area contributed by atoms with E-state index in [0.717, 1.165) is 18.7 Å². The summed E-state index contributed by atoms with van der Waals surface area (Å²) >= 11 is 0. The Labute approximate surface area is 94.7 Å². The van der Waals surface area contributed by atoms with Crippen molar-refractivity contribution in [2.45, 2.75) is 19.4 Å². The zero-order valence-electron chi connectivity index (χ0n) is 9.29. The molecule has 1 aliphatic rings. The van der Waals surface area contributed by atoms with Gasteiger partial charge in [-0.1, -0.05) is 6.07 Å². The molecule has 0 aliphatic carbocycles. The van der Waals surface area contributed by atoms with Crippen LogP contribution in [0.2, 0.25) is 0 Å². The average Bonchev–Trinajstić information content (AvgIpc) is 2.72.